The summed E-state index contributed by atoms with van der Waals surface area (Å²) in [5, 5.41) is 0. The molecule has 1 nitrogen and oxygen atoms in total. The van der Waals surface area contributed by atoms with E-state index in [2.05, 4.69) is 0 Å². The van der Waals surface area contributed by atoms with E-state index in [0.717, 1.165) is 6.07 Å². The first kappa shape index (κ1) is 29.0. The van der Waals surface area contributed by atoms with Crippen molar-refractivity contribution >= 4 is 16.9 Å². The SMILES string of the molecule is C/C=C\C=C1\c2cc(-c3c(F)c(F)c(F)c(F)c3F)cc(-c3c(F)c(F)c(F)c(F)c3F)c2N(c2ccccc2)C1C. The Balaban J connectivity index is 2.00. The third-order valence-electron chi connectivity index (χ3n) is 6.98. The highest BCUT2D eigenvalue weighted by atomic mass is 19.2. The highest BCUT2D eigenvalue weighted by Gasteiger charge is 2.38. The molecule has 1 atom stereocenters. The number of fused-ring (bicyclic) bond motifs is 1. The zero-order chi connectivity index (χ0) is 30.6. The van der Waals surface area contributed by atoms with Crippen LogP contribution in [0.4, 0.5) is 55.3 Å². The predicted octanol–water partition coefficient (Wildman–Crippen LogP) is 9.91. The number of nitrogens with zero attached hydrogens (tertiary/aromatic N) is 1. The number of rotatable bonds is 4. The van der Waals surface area contributed by atoms with Crippen LogP contribution in [-0.4, -0.2) is 6.04 Å². The molecule has 42 heavy (non-hydrogen) atoms. The van der Waals surface area contributed by atoms with Gasteiger partial charge in [0.15, 0.2) is 46.5 Å². The summed E-state index contributed by atoms with van der Waals surface area (Å²) in [4.78, 5) is 1.50. The van der Waals surface area contributed by atoms with Crippen molar-refractivity contribution in [3.63, 3.8) is 0 Å². The second-order valence-corrected chi connectivity index (χ2v) is 9.34. The summed E-state index contributed by atoms with van der Waals surface area (Å²) in [6.07, 6.45) is 4.72. The van der Waals surface area contributed by atoms with Crippen LogP contribution in [0, 0.1) is 58.2 Å². The maximum atomic E-state index is 15.3. The standard InChI is InChI=1S/C31H17F10N/c1-3-4-10-16-13(2)42(15-8-6-5-7-9-15)31-17(16)11-14(19-21(32)25(36)29(40)26(37)22(19)33)12-18(31)20-23(34)27(38)30(41)28(39)24(20)35/h3-13H,1-2H3/b4-3-,16-10+. The molecule has 4 aromatic carbocycles. The molecule has 0 radical (unpaired) electrons. The Morgan fingerprint density at radius 1 is 0.595 bits per heavy atom. The van der Waals surface area contributed by atoms with Gasteiger partial charge in [-0.15, -0.1) is 0 Å². The molecule has 1 heterocycles. The van der Waals surface area contributed by atoms with E-state index < -0.39 is 86.5 Å². The lowest BCUT2D eigenvalue weighted by Crippen LogP contribution is -2.24. The van der Waals surface area contributed by atoms with E-state index >= 15 is 8.78 Å². The fraction of sp³-hybridized carbons (Fsp3) is 0.0968. The molecule has 0 amide bonds. The van der Waals surface area contributed by atoms with Crippen molar-refractivity contribution in [2.24, 2.45) is 0 Å². The van der Waals surface area contributed by atoms with Gasteiger partial charge in [0, 0.05) is 16.8 Å². The normalized spacial score (nSPS) is 15.8. The predicted molar refractivity (Wildman–Crippen MR) is 138 cm³/mol. The van der Waals surface area contributed by atoms with Crippen molar-refractivity contribution in [2.75, 3.05) is 4.90 Å². The fourth-order valence-corrected chi connectivity index (χ4v) is 5.08. The van der Waals surface area contributed by atoms with Gasteiger partial charge in [-0.2, -0.15) is 0 Å². The molecular weight excluding hydrogens is 576 g/mol. The third kappa shape index (κ3) is 4.26. The van der Waals surface area contributed by atoms with E-state index in [0.29, 0.717) is 17.3 Å². The van der Waals surface area contributed by atoms with Gasteiger partial charge >= 0.3 is 0 Å². The minimum absolute atomic E-state index is 0.00941. The van der Waals surface area contributed by atoms with Crippen molar-refractivity contribution in [3.8, 4) is 22.3 Å². The molecule has 1 aliphatic heterocycles. The van der Waals surface area contributed by atoms with Gasteiger partial charge in [0.1, 0.15) is 0 Å². The van der Waals surface area contributed by atoms with Crippen molar-refractivity contribution in [3.05, 3.63) is 124 Å². The van der Waals surface area contributed by atoms with Crippen LogP contribution in [0.15, 0.2) is 60.7 Å². The molecule has 0 N–H and O–H groups in total. The second kappa shape index (κ2) is 10.7. The second-order valence-electron chi connectivity index (χ2n) is 9.34. The Labute approximate surface area is 232 Å². The molecular formula is C31H17F10N. The monoisotopic (exact) mass is 593 g/mol. The average Bonchev–Trinajstić information content (AvgIpc) is 3.27. The van der Waals surface area contributed by atoms with Crippen LogP contribution in [0.5, 0.6) is 0 Å². The lowest BCUT2D eigenvalue weighted by Gasteiger charge is -2.27. The summed E-state index contributed by atoms with van der Waals surface area (Å²) in [6.45, 7) is 3.31. The first-order chi connectivity index (χ1) is 19.9. The Morgan fingerprint density at radius 2 is 1.05 bits per heavy atom. The van der Waals surface area contributed by atoms with Gasteiger partial charge in [-0.3, -0.25) is 0 Å². The van der Waals surface area contributed by atoms with Crippen LogP contribution in [0.25, 0.3) is 27.8 Å². The molecule has 216 valence electrons. The number of halogens is 10. The summed E-state index contributed by atoms with van der Waals surface area (Å²) in [5.74, 6) is -23.0. The Kier molecular flexibility index (Phi) is 7.38. The van der Waals surface area contributed by atoms with E-state index in [1.165, 1.54) is 11.0 Å². The van der Waals surface area contributed by atoms with E-state index in [-0.39, 0.29) is 11.3 Å². The molecule has 0 spiro atoms. The Bertz CT molecular complexity index is 1750. The molecule has 0 saturated heterocycles. The highest BCUT2D eigenvalue weighted by Crippen LogP contribution is 2.53. The highest BCUT2D eigenvalue weighted by molar-refractivity contribution is 6.02. The number of para-hydroxylation sites is 1. The van der Waals surface area contributed by atoms with Crippen molar-refractivity contribution in [2.45, 2.75) is 19.9 Å². The summed E-state index contributed by atoms with van der Waals surface area (Å²) in [7, 11) is 0. The zero-order valence-corrected chi connectivity index (χ0v) is 21.6. The quantitative estimate of drug-likeness (QED) is 0.129. The van der Waals surface area contributed by atoms with Crippen LogP contribution in [-0.2, 0) is 0 Å². The lowest BCUT2D eigenvalue weighted by molar-refractivity contribution is 0.381. The molecule has 0 bridgehead atoms. The number of benzene rings is 4. The number of hydrogen-bond acceptors (Lipinski definition) is 1. The van der Waals surface area contributed by atoms with Crippen molar-refractivity contribution in [1.82, 2.24) is 0 Å². The summed E-state index contributed by atoms with van der Waals surface area (Å²) >= 11 is 0. The van der Waals surface area contributed by atoms with Gasteiger partial charge < -0.3 is 4.90 Å². The number of anilines is 2. The van der Waals surface area contributed by atoms with E-state index in [1.54, 1.807) is 56.3 Å². The third-order valence-corrected chi connectivity index (χ3v) is 6.98. The fourth-order valence-electron chi connectivity index (χ4n) is 5.08. The Morgan fingerprint density at radius 3 is 1.55 bits per heavy atom. The van der Waals surface area contributed by atoms with Gasteiger partial charge in [-0.25, -0.2) is 43.9 Å². The molecule has 0 saturated carbocycles. The summed E-state index contributed by atoms with van der Waals surface area (Å²) in [5.41, 5.74) is -3.77. The van der Waals surface area contributed by atoms with Crippen LogP contribution < -0.4 is 4.90 Å². The molecule has 11 heteroatoms. The minimum Gasteiger partial charge on any atom is -0.333 e. The first-order valence-corrected chi connectivity index (χ1v) is 12.3. The molecule has 5 rings (SSSR count). The van der Waals surface area contributed by atoms with Crippen LogP contribution in [0.1, 0.15) is 19.4 Å². The maximum Gasteiger partial charge on any atom is 0.200 e. The molecule has 0 aliphatic carbocycles. The first-order valence-electron chi connectivity index (χ1n) is 12.3. The van der Waals surface area contributed by atoms with Gasteiger partial charge in [0.2, 0.25) is 11.6 Å². The van der Waals surface area contributed by atoms with Gasteiger partial charge in [0.05, 0.1) is 22.9 Å². The number of allylic oxidation sites excluding steroid dienone is 3. The van der Waals surface area contributed by atoms with E-state index in [1.807, 2.05) is 0 Å². The lowest BCUT2D eigenvalue weighted by atomic mass is 9.90. The molecule has 1 aliphatic rings. The number of hydrogen-bond donors (Lipinski definition) is 0. The average molecular weight is 593 g/mol. The van der Waals surface area contributed by atoms with Crippen LogP contribution in [0.2, 0.25) is 0 Å². The Hall–Kier alpha value is -4.54. The van der Waals surface area contributed by atoms with Gasteiger partial charge in [0.25, 0.3) is 0 Å². The smallest absolute Gasteiger partial charge is 0.200 e. The van der Waals surface area contributed by atoms with Crippen LogP contribution >= 0.6 is 0 Å². The summed E-state index contributed by atoms with van der Waals surface area (Å²) in [6, 6.07) is 9.07. The zero-order valence-electron chi connectivity index (χ0n) is 21.6. The molecule has 0 aromatic heterocycles. The van der Waals surface area contributed by atoms with E-state index in [9.17, 15) is 35.1 Å². The van der Waals surface area contributed by atoms with Gasteiger partial charge in [-0.1, -0.05) is 36.4 Å². The maximum absolute atomic E-state index is 15.3. The molecule has 0 fully saturated rings. The topological polar surface area (TPSA) is 3.24 Å². The van der Waals surface area contributed by atoms with Gasteiger partial charge in [-0.05, 0) is 49.2 Å². The van der Waals surface area contributed by atoms with E-state index in [4.69, 9.17) is 0 Å². The largest absolute Gasteiger partial charge is 0.333 e. The molecule has 4 aromatic rings. The van der Waals surface area contributed by atoms with Crippen molar-refractivity contribution in [1.29, 1.82) is 0 Å². The minimum atomic E-state index is -2.44. The van der Waals surface area contributed by atoms with Crippen LogP contribution in [0.3, 0.4) is 0 Å². The molecule has 1 unspecified atom stereocenters. The summed E-state index contributed by atoms with van der Waals surface area (Å²) < 4.78 is 146. The van der Waals surface area contributed by atoms with Crippen molar-refractivity contribution < 1.29 is 43.9 Å².